The first-order valence-corrected chi connectivity index (χ1v) is 9.47. The van der Waals surface area contributed by atoms with Gasteiger partial charge in [0.2, 0.25) is 0 Å². The molecule has 2 aromatic carbocycles. The van der Waals surface area contributed by atoms with E-state index in [1.54, 1.807) is 10.4 Å². The molecule has 0 unspecified atom stereocenters. The summed E-state index contributed by atoms with van der Waals surface area (Å²) in [5.74, 6) is 0. The summed E-state index contributed by atoms with van der Waals surface area (Å²) in [5, 5.41) is 3.22. The summed E-state index contributed by atoms with van der Waals surface area (Å²) in [7, 11) is 2.83. The van der Waals surface area contributed by atoms with E-state index in [4.69, 9.17) is 0 Å². The number of rotatable bonds is 3. The van der Waals surface area contributed by atoms with Crippen LogP contribution in [0.15, 0.2) is 54.6 Å². The molecule has 0 amide bonds. The zero-order chi connectivity index (χ0) is 13.3. The Bertz CT molecular complexity index is 541. The van der Waals surface area contributed by atoms with Crippen LogP contribution in [0.2, 0.25) is 12.1 Å². The molecule has 0 N–H and O–H groups in total. The monoisotopic (exact) mass is 267 g/mol. The van der Waals surface area contributed by atoms with Crippen molar-refractivity contribution in [3.05, 3.63) is 54.6 Å². The van der Waals surface area contributed by atoms with Crippen LogP contribution in [-0.2, 0) is 0 Å². The lowest BCUT2D eigenvalue weighted by Crippen LogP contribution is -2.62. The van der Waals surface area contributed by atoms with E-state index in [-0.39, 0.29) is 0 Å². The molecule has 3 rings (SSSR count). The highest BCUT2D eigenvalue weighted by Gasteiger charge is 2.42. The molecular weight excluding hydrogens is 246 g/mol. The van der Waals surface area contributed by atoms with E-state index >= 15 is 0 Å². The van der Waals surface area contributed by atoms with Gasteiger partial charge in [0, 0.05) is 19.8 Å². The van der Waals surface area contributed by atoms with Crippen molar-refractivity contribution in [3.8, 4) is 0 Å². The van der Waals surface area contributed by atoms with Crippen molar-refractivity contribution in [2.75, 3.05) is 19.0 Å². The zero-order valence-corrected chi connectivity index (χ0v) is 12.8. The summed E-state index contributed by atoms with van der Waals surface area (Å²) in [4.78, 5) is 2.17. The summed E-state index contributed by atoms with van der Waals surface area (Å²) in [6.45, 7) is 0. The molecule has 19 heavy (non-hydrogen) atoms. The smallest absolute Gasteiger partial charge is 0.118 e. The topological polar surface area (TPSA) is 3.24 Å². The molecule has 1 saturated heterocycles. The van der Waals surface area contributed by atoms with Gasteiger partial charge in [-0.15, -0.1) is 0 Å². The van der Waals surface area contributed by atoms with Gasteiger partial charge in [-0.1, -0.05) is 59.3 Å². The quantitative estimate of drug-likeness (QED) is 0.773. The van der Waals surface area contributed by atoms with Gasteiger partial charge in [0.1, 0.15) is 8.07 Å². The Balaban J connectivity index is 1.99. The molecule has 0 aliphatic carbocycles. The van der Waals surface area contributed by atoms with Crippen molar-refractivity contribution >= 4 is 24.1 Å². The number of benzene rings is 2. The van der Waals surface area contributed by atoms with E-state index in [1.165, 1.54) is 24.2 Å². The molecule has 0 radical (unpaired) electrons. The maximum Gasteiger partial charge on any atom is 0.118 e. The number of anilines is 1. The molecule has 1 aliphatic rings. The third-order valence-corrected chi connectivity index (χ3v) is 9.76. The van der Waals surface area contributed by atoms with E-state index in [1.807, 2.05) is 0 Å². The van der Waals surface area contributed by atoms with Crippen LogP contribution < -0.4 is 15.3 Å². The van der Waals surface area contributed by atoms with E-state index in [9.17, 15) is 0 Å². The summed E-state index contributed by atoms with van der Waals surface area (Å²) in [5.41, 5.74) is 1.29. The van der Waals surface area contributed by atoms with E-state index in [0.29, 0.717) is 0 Å². The summed E-state index contributed by atoms with van der Waals surface area (Å²) in [6, 6.07) is 23.3. The largest absolute Gasteiger partial charge is 0.378 e. The molecule has 0 atom stereocenters. The standard InChI is InChI=1S/C17H21NSi/c1-18(2)15-9-11-17(12-10-15)19(13-6-14-19)16-7-4-3-5-8-16/h3-5,7-12H,6,13-14H2,1-2H3. The van der Waals surface area contributed by atoms with Crippen molar-refractivity contribution in [1.82, 2.24) is 0 Å². The highest BCUT2D eigenvalue weighted by atomic mass is 28.3. The van der Waals surface area contributed by atoms with Gasteiger partial charge in [0.25, 0.3) is 0 Å². The van der Waals surface area contributed by atoms with Gasteiger partial charge in [0.05, 0.1) is 0 Å². The van der Waals surface area contributed by atoms with Crippen LogP contribution in [0.5, 0.6) is 0 Å². The lowest BCUT2D eigenvalue weighted by molar-refractivity contribution is 0.927. The second-order valence-corrected chi connectivity index (χ2v) is 10.1. The van der Waals surface area contributed by atoms with Crippen LogP contribution >= 0.6 is 0 Å². The summed E-state index contributed by atoms with van der Waals surface area (Å²) in [6.07, 6.45) is 1.40. The fourth-order valence-corrected chi connectivity index (χ4v) is 7.29. The number of hydrogen-bond acceptors (Lipinski definition) is 1. The molecule has 1 fully saturated rings. The Morgan fingerprint density at radius 1 is 0.789 bits per heavy atom. The van der Waals surface area contributed by atoms with Crippen LogP contribution in [0.25, 0.3) is 0 Å². The number of nitrogens with zero attached hydrogens (tertiary/aromatic N) is 1. The van der Waals surface area contributed by atoms with Crippen LogP contribution in [0.3, 0.4) is 0 Å². The van der Waals surface area contributed by atoms with E-state index in [0.717, 1.165) is 0 Å². The average molecular weight is 267 g/mol. The third kappa shape index (κ3) is 2.10. The van der Waals surface area contributed by atoms with Crippen molar-refractivity contribution in [2.45, 2.75) is 18.5 Å². The van der Waals surface area contributed by atoms with E-state index < -0.39 is 8.07 Å². The van der Waals surface area contributed by atoms with Gasteiger partial charge in [-0.3, -0.25) is 0 Å². The SMILES string of the molecule is CN(C)c1ccc([Si]2(c3ccccc3)CCC2)cc1. The van der Waals surface area contributed by atoms with Crippen molar-refractivity contribution < 1.29 is 0 Å². The second kappa shape index (κ2) is 4.86. The van der Waals surface area contributed by atoms with Crippen molar-refractivity contribution in [2.24, 2.45) is 0 Å². The van der Waals surface area contributed by atoms with Crippen LogP contribution in [-0.4, -0.2) is 22.2 Å². The van der Waals surface area contributed by atoms with Gasteiger partial charge in [-0.05, 0) is 24.2 Å². The average Bonchev–Trinajstić information content (AvgIpc) is 2.39. The molecular formula is C17H21NSi. The summed E-state index contributed by atoms with van der Waals surface area (Å²) >= 11 is 0. The van der Waals surface area contributed by atoms with Crippen LogP contribution in [0.4, 0.5) is 5.69 Å². The van der Waals surface area contributed by atoms with Gasteiger partial charge in [-0.25, -0.2) is 0 Å². The normalized spacial score (nSPS) is 16.7. The molecule has 2 heteroatoms. The Labute approximate surface area is 116 Å². The summed E-state index contributed by atoms with van der Waals surface area (Å²) < 4.78 is 0. The maximum atomic E-state index is 2.37. The van der Waals surface area contributed by atoms with Crippen LogP contribution in [0, 0.1) is 0 Å². The molecule has 1 heterocycles. The van der Waals surface area contributed by atoms with Gasteiger partial charge in [-0.2, -0.15) is 0 Å². The molecule has 0 bridgehead atoms. The minimum Gasteiger partial charge on any atom is -0.378 e. The van der Waals surface area contributed by atoms with Gasteiger partial charge < -0.3 is 4.90 Å². The Hall–Kier alpha value is -1.54. The Morgan fingerprint density at radius 3 is 1.84 bits per heavy atom. The first kappa shape index (κ1) is 12.5. The first-order chi connectivity index (χ1) is 9.22. The predicted molar refractivity (Wildman–Crippen MR) is 86.5 cm³/mol. The maximum absolute atomic E-state index is 2.37. The minimum atomic E-state index is -1.37. The van der Waals surface area contributed by atoms with Gasteiger partial charge in [0.15, 0.2) is 0 Å². The van der Waals surface area contributed by atoms with Gasteiger partial charge >= 0.3 is 0 Å². The molecule has 0 saturated carbocycles. The Kier molecular flexibility index (Phi) is 3.19. The second-order valence-electron chi connectivity index (χ2n) is 5.74. The van der Waals surface area contributed by atoms with Crippen molar-refractivity contribution in [3.63, 3.8) is 0 Å². The van der Waals surface area contributed by atoms with Crippen LogP contribution in [0.1, 0.15) is 6.42 Å². The lowest BCUT2D eigenvalue weighted by Gasteiger charge is -2.41. The number of hydrogen-bond donors (Lipinski definition) is 0. The van der Waals surface area contributed by atoms with E-state index in [2.05, 4.69) is 73.6 Å². The molecule has 2 aromatic rings. The Morgan fingerprint density at radius 2 is 1.37 bits per heavy atom. The minimum absolute atomic E-state index is 1.29. The third-order valence-electron chi connectivity index (χ3n) is 4.47. The molecule has 98 valence electrons. The lowest BCUT2D eigenvalue weighted by atomic mass is 10.3. The molecule has 1 nitrogen and oxygen atoms in total. The highest BCUT2D eigenvalue weighted by molar-refractivity contribution is 7.04. The molecule has 0 aromatic heterocycles. The zero-order valence-electron chi connectivity index (χ0n) is 11.8. The fourth-order valence-electron chi connectivity index (χ4n) is 3.11. The first-order valence-electron chi connectivity index (χ1n) is 7.06. The molecule has 0 spiro atoms. The highest BCUT2D eigenvalue weighted by Crippen LogP contribution is 2.32. The van der Waals surface area contributed by atoms with Crippen molar-refractivity contribution in [1.29, 1.82) is 0 Å². The molecule has 1 aliphatic heterocycles. The fraction of sp³-hybridized carbons (Fsp3) is 0.294. The predicted octanol–water partition coefficient (Wildman–Crippen LogP) is 2.72.